The minimum Gasteiger partial charge on any atom is -0.352 e. The molecule has 0 atom stereocenters. The smallest absolute Gasteiger partial charge is 0.253 e. The maximum atomic E-state index is 12.4. The standard InChI is InChI=1S/C22H29N5O2/c1-12(2)27-21-19(11-24-27)15(5)17(16(6)26-21)7-8-20(28)23-10-18-13(3)9-14(4)25-22(18)29/h9,11-12H,7-8,10H2,1-6H3,(H,23,28)(H,25,29). The predicted octanol–water partition coefficient (Wildman–Crippen LogP) is 3.18. The highest BCUT2D eigenvalue weighted by molar-refractivity contribution is 5.81. The van der Waals surface area contributed by atoms with Gasteiger partial charge in [-0.15, -0.1) is 0 Å². The fourth-order valence-corrected chi connectivity index (χ4v) is 3.75. The molecule has 2 N–H and O–H groups in total. The van der Waals surface area contributed by atoms with Gasteiger partial charge in [0.05, 0.1) is 6.20 Å². The molecule has 0 fully saturated rings. The minimum atomic E-state index is -0.147. The summed E-state index contributed by atoms with van der Waals surface area (Å²) < 4.78 is 1.92. The third-order valence-electron chi connectivity index (χ3n) is 5.38. The summed E-state index contributed by atoms with van der Waals surface area (Å²) in [5, 5.41) is 8.36. The summed E-state index contributed by atoms with van der Waals surface area (Å²) >= 11 is 0. The number of rotatable bonds is 6. The maximum absolute atomic E-state index is 12.4. The van der Waals surface area contributed by atoms with Gasteiger partial charge in [-0.3, -0.25) is 9.59 Å². The van der Waals surface area contributed by atoms with Gasteiger partial charge in [-0.25, -0.2) is 9.67 Å². The van der Waals surface area contributed by atoms with Crippen molar-refractivity contribution in [1.29, 1.82) is 0 Å². The molecule has 0 aliphatic heterocycles. The number of hydrogen-bond acceptors (Lipinski definition) is 4. The molecule has 3 heterocycles. The molecule has 3 rings (SSSR count). The lowest BCUT2D eigenvalue weighted by Crippen LogP contribution is -2.28. The summed E-state index contributed by atoms with van der Waals surface area (Å²) in [5.41, 5.74) is 6.17. The molecular weight excluding hydrogens is 366 g/mol. The number of nitrogens with zero attached hydrogens (tertiary/aromatic N) is 3. The summed E-state index contributed by atoms with van der Waals surface area (Å²) in [4.78, 5) is 32.0. The minimum absolute atomic E-state index is 0.0823. The van der Waals surface area contributed by atoms with Crippen LogP contribution >= 0.6 is 0 Å². The Labute approximate surface area is 170 Å². The Bertz CT molecular complexity index is 1120. The number of aromatic amines is 1. The summed E-state index contributed by atoms with van der Waals surface area (Å²) in [5.74, 6) is -0.0823. The number of carbonyl (C=O) groups excluding carboxylic acids is 1. The molecule has 3 aromatic heterocycles. The van der Waals surface area contributed by atoms with Crippen molar-refractivity contribution in [2.75, 3.05) is 0 Å². The van der Waals surface area contributed by atoms with E-state index in [1.54, 1.807) is 0 Å². The second-order valence-corrected chi connectivity index (χ2v) is 7.94. The topological polar surface area (TPSA) is 92.7 Å². The maximum Gasteiger partial charge on any atom is 0.253 e. The van der Waals surface area contributed by atoms with Gasteiger partial charge in [0.25, 0.3) is 5.56 Å². The number of pyridine rings is 2. The van der Waals surface area contributed by atoms with Crippen LogP contribution < -0.4 is 10.9 Å². The summed E-state index contributed by atoms with van der Waals surface area (Å²) in [6.45, 7) is 12.2. The number of aromatic nitrogens is 4. The van der Waals surface area contributed by atoms with Crippen molar-refractivity contribution >= 4 is 16.9 Å². The average molecular weight is 396 g/mol. The Kier molecular flexibility index (Phi) is 5.86. The van der Waals surface area contributed by atoms with Gasteiger partial charge < -0.3 is 10.3 Å². The number of H-pyrrole nitrogens is 1. The second-order valence-electron chi connectivity index (χ2n) is 7.94. The van der Waals surface area contributed by atoms with Gasteiger partial charge in [0, 0.05) is 41.3 Å². The van der Waals surface area contributed by atoms with Gasteiger partial charge in [0.1, 0.15) is 0 Å². The second kappa shape index (κ2) is 8.19. The molecule has 0 unspecified atom stereocenters. The van der Waals surface area contributed by atoms with E-state index in [1.807, 2.05) is 37.7 Å². The third-order valence-corrected chi connectivity index (χ3v) is 5.38. The van der Waals surface area contributed by atoms with Crippen molar-refractivity contribution < 1.29 is 4.79 Å². The van der Waals surface area contributed by atoms with Crippen LogP contribution in [0.4, 0.5) is 0 Å². The van der Waals surface area contributed by atoms with Crippen molar-refractivity contribution in [3.8, 4) is 0 Å². The van der Waals surface area contributed by atoms with Gasteiger partial charge in [0.15, 0.2) is 5.65 Å². The van der Waals surface area contributed by atoms with Crippen LogP contribution in [0.15, 0.2) is 17.1 Å². The van der Waals surface area contributed by atoms with E-state index in [9.17, 15) is 9.59 Å². The van der Waals surface area contributed by atoms with Crippen LogP contribution in [0.25, 0.3) is 11.0 Å². The zero-order chi connectivity index (χ0) is 21.3. The number of hydrogen-bond donors (Lipinski definition) is 2. The van der Waals surface area contributed by atoms with Crippen molar-refractivity contribution in [2.45, 2.75) is 67.0 Å². The number of aryl methyl sites for hydroxylation is 4. The molecular formula is C22H29N5O2. The van der Waals surface area contributed by atoms with Gasteiger partial charge in [-0.2, -0.15) is 5.10 Å². The number of nitrogens with one attached hydrogen (secondary N) is 2. The molecule has 0 saturated carbocycles. The highest BCUT2D eigenvalue weighted by Crippen LogP contribution is 2.25. The van der Waals surface area contributed by atoms with Gasteiger partial charge in [0.2, 0.25) is 5.91 Å². The van der Waals surface area contributed by atoms with Crippen LogP contribution in [0.3, 0.4) is 0 Å². The Morgan fingerprint density at radius 2 is 1.93 bits per heavy atom. The lowest BCUT2D eigenvalue weighted by molar-refractivity contribution is -0.121. The fraction of sp³-hybridized carbons (Fsp3) is 0.455. The molecule has 3 aromatic rings. The van der Waals surface area contributed by atoms with Gasteiger partial charge >= 0.3 is 0 Å². The zero-order valence-electron chi connectivity index (χ0n) is 18.0. The van der Waals surface area contributed by atoms with E-state index in [2.05, 4.69) is 36.2 Å². The first kappa shape index (κ1) is 20.8. The average Bonchev–Trinajstić information content (AvgIpc) is 3.04. The SMILES string of the molecule is Cc1cc(C)c(CNC(=O)CCc2c(C)nc3c(cnn3C(C)C)c2C)c(=O)[nH]1. The normalized spacial score (nSPS) is 11.4. The molecule has 29 heavy (non-hydrogen) atoms. The summed E-state index contributed by atoms with van der Waals surface area (Å²) in [6.07, 6.45) is 2.80. The predicted molar refractivity (Wildman–Crippen MR) is 114 cm³/mol. The van der Waals surface area contributed by atoms with E-state index < -0.39 is 0 Å². The monoisotopic (exact) mass is 395 g/mol. The summed E-state index contributed by atoms with van der Waals surface area (Å²) in [6, 6.07) is 2.15. The Morgan fingerprint density at radius 3 is 2.59 bits per heavy atom. The van der Waals surface area contributed by atoms with Crippen LogP contribution in [-0.4, -0.2) is 25.7 Å². The van der Waals surface area contributed by atoms with Crippen LogP contribution in [0.1, 0.15) is 60.0 Å². The Hall–Kier alpha value is -2.96. The summed E-state index contributed by atoms with van der Waals surface area (Å²) in [7, 11) is 0. The number of fused-ring (bicyclic) bond motifs is 1. The molecule has 0 aliphatic carbocycles. The Morgan fingerprint density at radius 1 is 1.21 bits per heavy atom. The van der Waals surface area contributed by atoms with Crippen molar-refractivity contribution in [3.05, 3.63) is 56.3 Å². The zero-order valence-corrected chi connectivity index (χ0v) is 18.0. The van der Waals surface area contributed by atoms with Crippen molar-refractivity contribution in [2.24, 2.45) is 0 Å². The fourth-order valence-electron chi connectivity index (χ4n) is 3.75. The van der Waals surface area contributed by atoms with Crippen LogP contribution in [0.2, 0.25) is 0 Å². The molecule has 0 aromatic carbocycles. The third kappa shape index (κ3) is 4.23. The molecule has 0 saturated heterocycles. The van der Waals surface area contributed by atoms with Crippen LogP contribution in [0, 0.1) is 27.7 Å². The number of amides is 1. The van der Waals surface area contributed by atoms with E-state index in [0.29, 0.717) is 18.4 Å². The van der Waals surface area contributed by atoms with Crippen molar-refractivity contribution in [3.63, 3.8) is 0 Å². The van der Waals surface area contributed by atoms with Gasteiger partial charge in [-0.05, 0) is 70.7 Å². The van der Waals surface area contributed by atoms with Gasteiger partial charge in [-0.1, -0.05) is 0 Å². The highest BCUT2D eigenvalue weighted by atomic mass is 16.1. The molecule has 7 nitrogen and oxygen atoms in total. The first-order chi connectivity index (χ1) is 13.7. The van der Waals surface area contributed by atoms with E-state index in [0.717, 1.165) is 39.1 Å². The highest BCUT2D eigenvalue weighted by Gasteiger charge is 2.16. The van der Waals surface area contributed by atoms with Crippen LogP contribution in [-0.2, 0) is 17.8 Å². The molecule has 154 valence electrons. The first-order valence-electron chi connectivity index (χ1n) is 9.98. The largest absolute Gasteiger partial charge is 0.352 e. The van der Waals surface area contributed by atoms with Crippen molar-refractivity contribution in [1.82, 2.24) is 25.1 Å². The molecule has 7 heteroatoms. The Balaban J connectivity index is 1.71. The molecule has 1 amide bonds. The number of carbonyl (C=O) groups is 1. The van der Waals surface area contributed by atoms with E-state index in [1.165, 1.54) is 0 Å². The van der Waals surface area contributed by atoms with E-state index in [-0.39, 0.29) is 24.1 Å². The molecule has 0 aliphatic rings. The van der Waals surface area contributed by atoms with E-state index >= 15 is 0 Å². The quantitative estimate of drug-likeness (QED) is 0.670. The molecule has 0 spiro atoms. The molecule has 0 radical (unpaired) electrons. The van der Waals surface area contributed by atoms with E-state index in [4.69, 9.17) is 4.98 Å². The lowest BCUT2D eigenvalue weighted by Gasteiger charge is -2.13. The lowest BCUT2D eigenvalue weighted by atomic mass is 10.0. The molecule has 0 bridgehead atoms. The van der Waals surface area contributed by atoms with Crippen LogP contribution in [0.5, 0.6) is 0 Å². The first-order valence-corrected chi connectivity index (χ1v) is 9.98.